The van der Waals surface area contributed by atoms with Gasteiger partial charge in [-0.2, -0.15) is 0 Å². The topological polar surface area (TPSA) is 88.4 Å². The molecule has 0 saturated carbocycles. The molecular formula is C20H19ClN4O3. The molecule has 0 atom stereocenters. The second kappa shape index (κ2) is 8.22. The Labute approximate surface area is 167 Å². The Balaban J connectivity index is 1.79. The summed E-state index contributed by atoms with van der Waals surface area (Å²) in [5.41, 5.74) is 2.59. The van der Waals surface area contributed by atoms with Crippen molar-refractivity contribution in [1.82, 2.24) is 4.98 Å². The molecule has 0 fully saturated rings. The highest BCUT2D eigenvalue weighted by molar-refractivity contribution is 6.33. The predicted octanol–water partition coefficient (Wildman–Crippen LogP) is 4.43. The number of rotatable bonds is 6. The van der Waals surface area contributed by atoms with Crippen LogP contribution in [0.1, 0.15) is 12.5 Å². The van der Waals surface area contributed by atoms with E-state index in [0.717, 1.165) is 11.3 Å². The minimum Gasteiger partial charge on any atom is -0.378 e. The number of amides is 1. The number of para-hydroxylation sites is 1. The van der Waals surface area contributed by atoms with Crippen molar-refractivity contribution in [2.45, 2.75) is 13.3 Å². The van der Waals surface area contributed by atoms with Crippen LogP contribution in [-0.4, -0.2) is 29.4 Å². The molecule has 8 heteroatoms. The first-order chi connectivity index (χ1) is 13.4. The number of carbonyl (C=O) groups is 1. The number of anilines is 2. The van der Waals surface area contributed by atoms with Crippen LogP contribution >= 0.6 is 11.6 Å². The molecule has 0 spiro atoms. The van der Waals surface area contributed by atoms with Crippen molar-refractivity contribution < 1.29 is 9.72 Å². The molecule has 0 unspecified atom stereocenters. The summed E-state index contributed by atoms with van der Waals surface area (Å²) in [6.07, 6.45) is 0.648. The maximum absolute atomic E-state index is 11.5. The molecule has 2 aromatic carbocycles. The van der Waals surface area contributed by atoms with Gasteiger partial charge in [0.15, 0.2) is 0 Å². The summed E-state index contributed by atoms with van der Waals surface area (Å²) < 4.78 is 0. The Morgan fingerprint density at radius 1 is 1.21 bits per heavy atom. The van der Waals surface area contributed by atoms with Gasteiger partial charge in [0.25, 0.3) is 0 Å². The van der Waals surface area contributed by atoms with Gasteiger partial charge in [0, 0.05) is 31.6 Å². The van der Waals surface area contributed by atoms with Gasteiger partial charge >= 0.3 is 5.69 Å². The number of aromatic nitrogens is 1. The van der Waals surface area contributed by atoms with E-state index >= 15 is 0 Å². The summed E-state index contributed by atoms with van der Waals surface area (Å²) in [5.74, 6) is -0.0387. The van der Waals surface area contributed by atoms with Crippen molar-refractivity contribution in [2.75, 3.05) is 23.8 Å². The summed E-state index contributed by atoms with van der Waals surface area (Å²) in [6.45, 7) is 1.99. The van der Waals surface area contributed by atoms with Crippen LogP contribution in [0.4, 0.5) is 17.1 Å². The fourth-order valence-electron chi connectivity index (χ4n) is 2.92. The molecule has 3 rings (SSSR count). The number of carbonyl (C=O) groups excluding carboxylic acids is 1. The molecule has 0 aliphatic carbocycles. The Morgan fingerprint density at radius 2 is 1.89 bits per heavy atom. The maximum atomic E-state index is 11.5. The molecule has 1 heterocycles. The van der Waals surface area contributed by atoms with Gasteiger partial charge in [-0.1, -0.05) is 41.9 Å². The van der Waals surface area contributed by atoms with E-state index in [-0.39, 0.29) is 16.7 Å². The van der Waals surface area contributed by atoms with Gasteiger partial charge in [-0.05, 0) is 30.2 Å². The van der Waals surface area contributed by atoms with E-state index in [2.05, 4.69) is 10.3 Å². The standard InChI is InChI=1S/C20H19ClN4O3/c1-13(26)24(2)15-9-7-14(8-10-15)11-12-22-18-16-5-3-4-6-17(16)23-20(21)19(18)25(27)28/h3-10H,11-12H2,1-2H3,(H,22,23). The summed E-state index contributed by atoms with van der Waals surface area (Å²) in [7, 11) is 1.72. The zero-order valence-corrected chi connectivity index (χ0v) is 16.2. The molecule has 0 saturated heterocycles. The molecule has 1 amide bonds. The molecule has 0 bridgehead atoms. The Morgan fingerprint density at radius 3 is 2.54 bits per heavy atom. The molecule has 0 aliphatic rings. The van der Waals surface area contributed by atoms with Crippen LogP contribution in [0, 0.1) is 10.1 Å². The van der Waals surface area contributed by atoms with Crippen LogP contribution in [0.2, 0.25) is 5.15 Å². The van der Waals surface area contributed by atoms with Gasteiger partial charge < -0.3 is 10.2 Å². The van der Waals surface area contributed by atoms with Crippen molar-refractivity contribution in [3.05, 3.63) is 69.4 Å². The fraction of sp³-hybridized carbons (Fsp3) is 0.200. The van der Waals surface area contributed by atoms with E-state index in [9.17, 15) is 14.9 Å². The SMILES string of the molecule is CC(=O)N(C)c1ccc(CCNc2c([N+](=O)[O-])c(Cl)nc3ccccc23)cc1. The quantitative estimate of drug-likeness (QED) is 0.377. The number of hydrogen-bond acceptors (Lipinski definition) is 5. The van der Waals surface area contributed by atoms with Crippen LogP contribution in [-0.2, 0) is 11.2 Å². The summed E-state index contributed by atoms with van der Waals surface area (Å²) >= 11 is 6.05. The molecular weight excluding hydrogens is 380 g/mol. The largest absolute Gasteiger partial charge is 0.378 e. The van der Waals surface area contributed by atoms with Gasteiger partial charge in [-0.3, -0.25) is 14.9 Å². The first-order valence-electron chi connectivity index (χ1n) is 8.68. The number of fused-ring (bicyclic) bond motifs is 1. The molecule has 1 aromatic heterocycles. The number of nitrogens with one attached hydrogen (secondary N) is 1. The second-order valence-electron chi connectivity index (χ2n) is 6.32. The number of nitrogens with zero attached hydrogens (tertiary/aromatic N) is 3. The Bertz CT molecular complexity index is 1040. The van der Waals surface area contributed by atoms with Crippen molar-refractivity contribution in [1.29, 1.82) is 0 Å². The van der Waals surface area contributed by atoms with Gasteiger partial charge in [0.1, 0.15) is 5.69 Å². The van der Waals surface area contributed by atoms with E-state index < -0.39 is 4.92 Å². The zero-order chi connectivity index (χ0) is 20.3. The third-order valence-electron chi connectivity index (χ3n) is 4.52. The molecule has 28 heavy (non-hydrogen) atoms. The number of benzene rings is 2. The van der Waals surface area contributed by atoms with Gasteiger partial charge in [0.05, 0.1) is 10.4 Å². The zero-order valence-electron chi connectivity index (χ0n) is 15.5. The Kier molecular flexibility index (Phi) is 5.75. The monoisotopic (exact) mass is 398 g/mol. The van der Waals surface area contributed by atoms with E-state index in [4.69, 9.17) is 11.6 Å². The number of halogens is 1. The van der Waals surface area contributed by atoms with E-state index in [1.54, 1.807) is 36.2 Å². The normalized spacial score (nSPS) is 10.7. The highest BCUT2D eigenvalue weighted by Crippen LogP contribution is 2.37. The van der Waals surface area contributed by atoms with Crippen LogP contribution in [0.5, 0.6) is 0 Å². The molecule has 7 nitrogen and oxygen atoms in total. The average molecular weight is 399 g/mol. The molecule has 1 N–H and O–H groups in total. The lowest BCUT2D eigenvalue weighted by Crippen LogP contribution is -2.22. The van der Waals surface area contributed by atoms with E-state index in [0.29, 0.717) is 29.6 Å². The lowest BCUT2D eigenvalue weighted by atomic mass is 10.1. The number of pyridine rings is 1. The van der Waals surface area contributed by atoms with Gasteiger partial charge in [-0.15, -0.1) is 0 Å². The minimum atomic E-state index is -0.517. The predicted molar refractivity (Wildman–Crippen MR) is 111 cm³/mol. The molecule has 0 aliphatic heterocycles. The summed E-state index contributed by atoms with van der Waals surface area (Å²) in [4.78, 5) is 28.1. The number of nitro groups is 1. The maximum Gasteiger partial charge on any atom is 0.329 e. The average Bonchev–Trinajstić information content (AvgIpc) is 2.67. The Hall–Kier alpha value is -3.19. The molecule has 0 radical (unpaired) electrons. The van der Waals surface area contributed by atoms with Gasteiger partial charge in [-0.25, -0.2) is 4.98 Å². The minimum absolute atomic E-state index is 0.0387. The van der Waals surface area contributed by atoms with Crippen LogP contribution < -0.4 is 10.2 Å². The lowest BCUT2D eigenvalue weighted by molar-refractivity contribution is -0.384. The highest BCUT2D eigenvalue weighted by Gasteiger charge is 2.23. The first-order valence-corrected chi connectivity index (χ1v) is 9.06. The van der Waals surface area contributed by atoms with Crippen LogP contribution in [0.3, 0.4) is 0 Å². The van der Waals surface area contributed by atoms with E-state index in [1.807, 2.05) is 24.3 Å². The molecule has 144 valence electrons. The summed E-state index contributed by atoms with van der Waals surface area (Å²) in [6, 6.07) is 14.8. The van der Waals surface area contributed by atoms with E-state index in [1.165, 1.54) is 6.92 Å². The number of hydrogen-bond donors (Lipinski definition) is 1. The third kappa shape index (κ3) is 4.04. The van der Waals surface area contributed by atoms with Gasteiger partial charge in [0.2, 0.25) is 11.1 Å². The molecule has 3 aromatic rings. The first kappa shape index (κ1) is 19.6. The third-order valence-corrected chi connectivity index (χ3v) is 4.78. The van der Waals surface area contributed by atoms with Crippen molar-refractivity contribution in [2.24, 2.45) is 0 Å². The summed E-state index contributed by atoms with van der Waals surface area (Å²) in [5, 5.41) is 15.2. The smallest absolute Gasteiger partial charge is 0.329 e. The lowest BCUT2D eigenvalue weighted by Gasteiger charge is -2.15. The van der Waals surface area contributed by atoms with Crippen LogP contribution in [0.25, 0.3) is 10.9 Å². The highest BCUT2D eigenvalue weighted by atomic mass is 35.5. The van der Waals surface area contributed by atoms with Crippen LogP contribution in [0.15, 0.2) is 48.5 Å². The van der Waals surface area contributed by atoms with Crippen molar-refractivity contribution in [3.8, 4) is 0 Å². The fourth-order valence-corrected chi connectivity index (χ4v) is 3.17. The second-order valence-corrected chi connectivity index (χ2v) is 6.68. The van der Waals surface area contributed by atoms with Crippen molar-refractivity contribution in [3.63, 3.8) is 0 Å². The van der Waals surface area contributed by atoms with Crippen molar-refractivity contribution >= 4 is 45.5 Å².